The highest BCUT2D eigenvalue weighted by molar-refractivity contribution is 5.67. The number of aromatic nitrogens is 4. The van der Waals surface area contributed by atoms with Crippen molar-refractivity contribution in [3.05, 3.63) is 23.8 Å². The lowest BCUT2D eigenvalue weighted by Crippen LogP contribution is -2.04. The van der Waals surface area contributed by atoms with E-state index in [-0.39, 0.29) is 0 Å². The number of hydrogen-bond acceptors (Lipinski definition) is 4. The Kier molecular flexibility index (Phi) is 2.97. The molecule has 3 rings (SSSR count). The molecule has 0 saturated heterocycles. The van der Waals surface area contributed by atoms with Crippen molar-refractivity contribution >= 4 is 5.82 Å². The van der Waals surface area contributed by atoms with Crippen LogP contribution in [-0.4, -0.2) is 26.8 Å². The molecule has 0 unspecified atom stereocenters. The highest BCUT2D eigenvalue weighted by Gasteiger charge is 2.28. The monoisotopic (exact) mass is 257 g/mol. The lowest BCUT2D eigenvalue weighted by molar-refractivity contribution is 0.660. The van der Waals surface area contributed by atoms with Gasteiger partial charge in [-0.1, -0.05) is 0 Å². The molecule has 0 atom stereocenters. The molecule has 0 spiro atoms. The van der Waals surface area contributed by atoms with Crippen LogP contribution in [0.15, 0.2) is 12.4 Å². The Morgan fingerprint density at radius 2 is 2.16 bits per heavy atom. The van der Waals surface area contributed by atoms with Crippen LogP contribution in [0.4, 0.5) is 5.82 Å². The van der Waals surface area contributed by atoms with E-state index >= 15 is 0 Å². The molecule has 0 bridgehead atoms. The van der Waals surface area contributed by atoms with Gasteiger partial charge in [0, 0.05) is 36.8 Å². The Morgan fingerprint density at radius 3 is 2.74 bits per heavy atom. The minimum absolute atomic E-state index is 0.549. The van der Waals surface area contributed by atoms with E-state index in [0.29, 0.717) is 5.92 Å². The van der Waals surface area contributed by atoms with E-state index in [1.54, 1.807) is 0 Å². The molecule has 5 nitrogen and oxygen atoms in total. The van der Waals surface area contributed by atoms with E-state index in [0.717, 1.165) is 35.0 Å². The molecule has 1 aliphatic rings. The maximum atomic E-state index is 4.76. The molecular formula is C14H19N5. The number of aryl methyl sites for hydroxylation is 1. The molecule has 2 aromatic heterocycles. The summed E-state index contributed by atoms with van der Waals surface area (Å²) in [6, 6.07) is 0. The zero-order valence-electron chi connectivity index (χ0n) is 11.6. The SMILES string of the molecule is CCn1cc(-c2nc(C3CC3)nc(NC)c2C)cn1. The molecule has 100 valence electrons. The van der Waals surface area contributed by atoms with Crippen LogP contribution in [0.1, 0.15) is 37.1 Å². The third-order valence-electron chi connectivity index (χ3n) is 3.57. The van der Waals surface area contributed by atoms with Gasteiger partial charge in [-0.3, -0.25) is 4.68 Å². The predicted octanol–water partition coefficient (Wildman–Crippen LogP) is 2.59. The third-order valence-corrected chi connectivity index (χ3v) is 3.57. The van der Waals surface area contributed by atoms with Crippen molar-refractivity contribution in [2.75, 3.05) is 12.4 Å². The van der Waals surface area contributed by atoms with Crippen LogP contribution in [0.25, 0.3) is 11.3 Å². The summed E-state index contributed by atoms with van der Waals surface area (Å²) in [4.78, 5) is 9.37. The summed E-state index contributed by atoms with van der Waals surface area (Å²) in [7, 11) is 1.91. The summed E-state index contributed by atoms with van der Waals surface area (Å²) >= 11 is 0. The predicted molar refractivity (Wildman–Crippen MR) is 75.2 cm³/mol. The van der Waals surface area contributed by atoms with Crippen LogP contribution in [0.2, 0.25) is 0 Å². The van der Waals surface area contributed by atoms with Crippen molar-refractivity contribution < 1.29 is 0 Å². The first-order chi connectivity index (χ1) is 9.22. The average Bonchev–Trinajstić information content (AvgIpc) is 3.17. The van der Waals surface area contributed by atoms with E-state index in [4.69, 9.17) is 4.98 Å². The second kappa shape index (κ2) is 4.64. The molecule has 2 aromatic rings. The summed E-state index contributed by atoms with van der Waals surface area (Å²) in [5.41, 5.74) is 3.16. The van der Waals surface area contributed by atoms with E-state index in [2.05, 4.69) is 29.2 Å². The van der Waals surface area contributed by atoms with E-state index in [1.807, 2.05) is 24.1 Å². The number of hydrogen-bond donors (Lipinski definition) is 1. The third kappa shape index (κ3) is 2.20. The first kappa shape index (κ1) is 12.1. The van der Waals surface area contributed by atoms with Gasteiger partial charge in [0.2, 0.25) is 0 Å². The quantitative estimate of drug-likeness (QED) is 0.914. The molecule has 0 aliphatic heterocycles. The summed E-state index contributed by atoms with van der Waals surface area (Å²) in [6.07, 6.45) is 6.35. The Bertz CT molecular complexity index is 598. The molecule has 0 aromatic carbocycles. The Morgan fingerprint density at radius 1 is 1.37 bits per heavy atom. The Labute approximate surface area is 113 Å². The molecule has 0 radical (unpaired) electrons. The summed E-state index contributed by atoms with van der Waals surface area (Å²) in [5, 5.41) is 7.50. The molecule has 1 fully saturated rings. The van der Waals surface area contributed by atoms with Crippen molar-refractivity contribution in [3.8, 4) is 11.3 Å². The molecule has 2 heterocycles. The van der Waals surface area contributed by atoms with Crippen molar-refractivity contribution in [3.63, 3.8) is 0 Å². The second-order valence-electron chi connectivity index (χ2n) is 5.01. The summed E-state index contributed by atoms with van der Waals surface area (Å²) < 4.78 is 1.92. The van der Waals surface area contributed by atoms with Crippen LogP contribution in [0.5, 0.6) is 0 Å². The van der Waals surface area contributed by atoms with Gasteiger partial charge in [0.15, 0.2) is 0 Å². The summed E-state index contributed by atoms with van der Waals surface area (Å²) in [5.74, 6) is 2.44. The fraction of sp³-hybridized carbons (Fsp3) is 0.500. The number of nitrogens with zero attached hydrogens (tertiary/aromatic N) is 4. The van der Waals surface area contributed by atoms with Gasteiger partial charge in [-0.25, -0.2) is 9.97 Å². The van der Waals surface area contributed by atoms with Crippen molar-refractivity contribution in [1.29, 1.82) is 0 Å². The average molecular weight is 257 g/mol. The standard InChI is InChI=1S/C14H19N5/c1-4-19-8-11(7-16-19)12-9(2)13(15-3)18-14(17-12)10-5-6-10/h7-8,10H,4-6H2,1-3H3,(H,15,17,18). The minimum Gasteiger partial charge on any atom is -0.373 e. The first-order valence-corrected chi connectivity index (χ1v) is 6.82. The van der Waals surface area contributed by atoms with E-state index in [9.17, 15) is 0 Å². The van der Waals surface area contributed by atoms with Crippen LogP contribution < -0.4 is 5.32 Å². The fourth-order valence-corrected chi connectivity index (χ4v) is 2.24. The highest BCUT2D eigenvalue weighted by atomic mass is 15.3. The maximum absolute atomic E-state index is 4.76. The van der Waals surface area contributed by atoms with Gasteiger partial charge in [-0.15, -0.1) is 0 Å². The normalized spacial score (nSPS) is 14.7. The molecule has 5 heteroatoms. The number of anilines is 1. The van der Waals surface area contributed by atoms with Gasteiger partial charge in [0.1, 0.15) is 11.6 Å². The zero-order valence-corrected chi connectivity index (χ0v) is 11.6. The van der Waals surface area contributed by atoms with Crippen LogP contribution in [0, 0.1) is 6.92 Å². The largest absolute Gasteiger partial charge is 0.373 e. The fourth-order valence-electron chi connectivity index (χ4n) is 2.24. The molecular weight excluding hydrogens is 238 g/mol. The molecule has 1 aliphatic carbocycles. The van der Waals surface area contributed by atoms with Gasteiger partial charge in [0.05, 0.1) is 11.9 Å². The van der Waals surface area contributed by atoms with Gasteiger partial charge in [-0.2, -0.15) is 5.10 Å². The molecule has 19 heavy (non-hydrogen) atoms. The number of rotatable bonds is 4. The molecule has 1 N–H and O–H groups in total. The van der Waals surface area contributed by atoms with Crippen LogP contribution in [0.3, 0.4) is 0 Å². The van der Waals surface area contributed by atoms with Gasteiger partial charge >= 0.3 is 0 Å². The first-order valence-electron chi connectivity index (χ1n) is 6.82. The lowest BCUT2D eigenvalue weighted by Gasteiger charge is -2.10. The smallest absolute Gasteiger partial charge is 0.134 e. The van der Waals surface area contributed by atoms with E-state index in [1.165, 1.54) is 12.8 Å². The van der Waals surface area contributed by atoms with Crippen molar-refractivity contribution in [2.24, 2.45) is 0 Å². The Hall–Kier alpha value is -1.91. The second-order valence-corrected chi connectivity index (χ2v) is 5.01. The minimum atomic E-state index is 0.549. The maximum Gasteiger partial charge on any atom is 0.134 e. The van der Waals surface area contributed by atoms with Gasteiger partial charge < -0.3 is 5.32 Å². The number of nitrogens with one attached hydrogen (secondary N) is 1. The van der Waals surface area contributed by atoms with Crippen LogP contribution >= 0.6 is 0 Å². The van der Waals surface area contributed by atoms with Crippen LogP contribution in [-0.2, 0) is 6.54 Å². The topological polar surface area (TPSA) is 55.6 Å². The van der Waals surface area contributed by atoms with E-state index < -0.39 is 0 Å². The zero-order chi connectivity index (χ0) is 13.4. The van der Waals surface area contributed by atoms with Crippen molar-refractivity contribution in [2.45, 2.75) is 39.2 Å². The van der Waals surface area contributed by atoms with Gasteiger partial charge in [-0.05, 0) is 26.7 Å². The Balaban J connectivity index is 2.09. The van der Waals surface area contributed by atoms with Crippen molar-refractivity contribution in [1.82, 2.24) is 19.7 Å². The molecule has 0 amide bonds. The van der Waals surface area contributed by atoms with Gasteiger partial charge in [0.25, 0.3) is 0 Å². The summed E-state index contributed by atoms with van der Waals surface area (Å²) in [6.45, 7) is 5.01. The highest BCUT2D eigenvalue weighted by Crippen LogP contribution is 2.40. The lowest BCUT2D eigenvalue weighted by atomic mass is 10.1. The molecule has 1 saturated carbocycles.